The van der Waals surface area contributed by atoms with Crippen molar-refractivity contribution in [3.05, 3.63) is 12.1 Å². The lowest BCUT2D eigenvalue weighted by atomic mass is 9.80. The van der Waals surface area contributed by atoms with Crippen molar-refractivity contribution in [1.29, 1.82) is 0 Å². The second kappa shape index (κ2) is 5.73. The van der Waals surface area contributed by atoms with E-state index in [0.717, 1.165) is 19.4 Å². The van der Waals surface area contributed by atoms with Gasteiger partial charge in [-0.05, 0) is 32.4 Å². The second-order valence-electron chi connectivity index (χ2n) is 4.51. The van der Waals surface area contributed by atoms with Crippen LogP contribution in [0, 0.1) is 5.92 Å². The van der Waals surface area contributed by atoms with Crippen molar-refractivity contribution < 1.29 is 17.7 Å². The first-order valence-electron chi connectivity index (χ1n) is 5.53. The van der Waals surface area contributed by atoms with E-state index in [0.29, 0.717) is 19.1 Å². The molecule has 0 N–H and O–H groups in total. The van der Waals surface area contributed by atoms with Crippen LogP contribution >= 0.6 is 0 Å². The Kier molecular flexibility index (Phi) is 4.86. The van der Waals surface area contributed by atoms with Crippen LogP contribution in [0.2, 0.25) is 0 Å². The summed E-state index contributed by atoms with van der Waals surface area (Å²) in [5.74, 6) is 0.354. The normalized spacial score (nSPS) is 22.4. The van der Waals surface area contributed by atoms with E-state index in [9.17, 15) is 12.9 Å². The van der Waals surface area contributed by atoms with Crippen LogP contribution in [-0.4, -0.2) is 45.2 Å². The van der Waals surface area contributed by atoms with Crippen LogP contribution in [0.3, 0.4) is 0 Å². The molecule has 6 heteroatoms. The van der Waals surface area contributed by atoms with Gasteiger partial charge in [-0.1, -0.05) is 0 Å². The SMILES string of the molecule is C=C(CN(C)CC1CCCOC1)[B-](F)(F)F. The number of ether oxygens (including phenoxy) is 1. The zero-order chi connectivity index (χ0) is 12.2. The van der Waals surface area contributed by atoms with Gasteiger partial charge in [0.15, 0.2) is 0 Å². The molecule has 0 saturated carbocycles. The molecule has 1 heterocycles. The maximum Gasteiger partial charge on any atom is 0.506 e. The molecule has 1 fully saturated rings. The number of rotatable bonds is 5. The Hall–Kier alpha value is -0.485. The summed E-state index contributed by atoms with van der Waals surface area (Å²) >= 11 is 0. The second-order valence-corrected chi connectivity index (χ2v) is 4.51. The molecular formula is C10H18BF3NO-. The maximum absolute atomic E-state index is 12.3. The predicted molar refractivity (Wildman–Crippen MR) is 59.3 cm³/mol. The number of hydrogen-bond donors (Lipinski definition) is 0. The molecule has 0 bridgehead atoms. The minimum atomic E-state index is -4.90. The third kappa shape index (κ3) is 4.57. The van der Waals surface area contributed by atoms with Crippen LogP contribution in [0.15, 0.2) is 12.1 Å². The van der Waals surface area contributed by atoms with E-state index in [1.54, 1.807) is 11.9 Å². The summed E-state index contributed by atoms with van der Waals surface area (Å²) in [5, 5.41) is 0. The van der Waals surface area contributed by atoms with Gasteiger partial charge in [0.2, 0.25) is 0 Å². The maximum atomic E-state index is 12.3. The standard InChI is InChI=1S/C10H18BF3NO/c1-9(11(12,13)14)6-15(2)7-10-4-3-5-16-8-10/h10H,1,3-8H2,2H3/q-1. The summed E-state index contributed by atoms with van der Waals surface area (Å²) in [6.07, 6.45) is 2.04. The highest BCUT2D eigenvalue weighted by molar-refractivity contribution is 6.66. The average Bonchev–Trinajstić information content (AvgIpc) is 2.17. The van der Waals surface area contributed by atoms with Crippen molar-refractivity contribution in [2.75, 3.05) is 33.4 Å². The van der Waals surface area contributed by atoms with E-state index in [-0.39, 0.29) is 6.54 Å². The number of likely N-dealkylation sites (N-methyl/N-ethyl adjacent to an activating group) is 1. The van der Waals surface area contributed by atoms with Gasteiger partial charge in [-0.2, -0.15) is 0 Å². The van der Waals surface area contributed by atoms with E-state index >= 15 is 0 Å². The summed E-state index contributed by atoms with van der Waals surface area (Å²) in [6, 6.07) is 0. The van der Waals surface area contributed by atoms with Gasteiger partial charge in [-0.15, -0.1) is 12.1 Å². The molecule has 0 radical (unpaired) electrons. The molecular weight excluding hydrogens is 218 g/mol. The van der Waals surface area contributed by atoms with Crippen LogP contribution in [-0.2, 0) is 4.74 Å². The van der Waals surface area contributed by atoms with Gasteiger partial charge in [0.25, 0.3) is 0 Å². The fraction of sp³-hybridized carbons (Fsp3) is 0.800. The van der Waals surface area contributed by atoms with E-state index in [4.69, 9.17) is 4.74 Å². The van der Waals surface area contributed by atoms with Gasteiger partial charge >= 0.3 is 6.98 Å². The van der Waals surface area contributed by atoms with Gasteiger partial charge in [0, 0.05) is 13.2 Å². The molecule has 1 atom stereocenters. The predicted octanol–water partition coefficient (Wildman–Crippen LogP) is 2.29. The minimum absolute atomic E-state index is 0.0972. The van der Waals surface area contributed by atoms with Crippen LogP contribution in [0.1, 0.15) is 12.8 Å². The lowest BCUT2D eigenvalue weighted by molar-refractivity contribution is 0.0432. The lowest BCUT2D eigenvalue weighted by Crippen LogP contribution is -2.35. The van der Waals surface area contributed by atoms with Crippen LogP contribution in [0.5, 0.6) is 0 Å². The molecule has 1 aliphatic heterocycles. The van der Waals surface area contributed by atoms with E-state index in [1.165, 1.54) is 0 Å². The Morgan fingerprint density at radius 3 is 2.69 bits per heavy atom. The van der Waals surface area contributed by atoms with Crippen molar-refractivity contribution in [3.8, 4) is 0 Å². The first-order chi connectivity index (χ1) is 7.39. The summed E-state index contributed by atoms with van der Waals surface area (Å²) in [7, 11) is 1.70. The van der Waals surface area contributed by atoms with Crippen molar-refractivity contribution in [1.82, 2.24) is 4.90 Å². The molecule has 16 heavy (non-hydrogen) atoms. The van der Waals surface area contributed by atoms with Gasteiger partial charge in [0.05, 0.1) is 6.61 Å². The number of halogens is 3. The molecule has 1 rings (SSSR count). The van der Waals surface area contributed by atoms with Crippen LogP contribution in [0.4, 0.5) is 12.9 Å². The fourth-order valence-corrected chi connectivity index (χ4v) is 1.91. The zero-order valence-corrected chi connectivity index (χ0v) is 9.59. The summed E-state index contributed by atoms with van der Waals surface area (Å²) < 4.78 is 42.2. The lowest BCUT2D eigenvalue weighted by Gasteiger charge is -2.29. The Labute approximate surface area is 94.5 Å². The molecule has 0 aliphatic carbocycles. The Morgan fingerprint density at radius 2 is 2.19 bits per heavy atom. The van der Waals surface area contributed by atoms with E-state index in [2.05, 4.69) is 6.58 Å². The average molecular weight is 236 g/mol. The monoisotopic (exact) mass is 236 g/mol. The molecule has 94 valence electrons. The topological polar surface area (TPSA) is 12.5 Å². The summed E-state index contributed by atoms with van der Waals surface area (Å²) in [6.45, 7) is 0.173. The molecule has 1 aliphatic rings. The van der Waals surface area contributed by atoms with E-state index in [1.807, 2.05) is 0 Å². The van der Waals surface area contributed by atoms with Gasteiger partial charge in [-0.3, -0.25) is 0 Å². The molecule has 0 spiro atoms. The van der Waals surface area contributed by atoms with Gasteiger partial charge in [-0.25, -0.2) is 0 Å². The Bertz CT molecular complexity index is 239. The molecule has 0 aromatic carbocycles. The first kappa shape index (κ1) is 13.6. The van der Waals surface area contributed by atoms with Crippen LogP contribution < -0.4 is 0 Å². The highest BCUT2D eigenvalue weighted by Gasteiger charge is 2.27. The highest BCUT2D eigenvalue weighted by atomic mass is 19.4. The molecule has 2 nitrogen and oxygen atoms in total. The van der Waals surface area contributed by atoms with E-state index < -0.39 is 12.4 Å². The van der Waals surface area contributed by atoms with Crippen LogP contribution in [0.25, 0.3) is 0 Å². The van der Waals surface area contributed by atoms with Crippen molar-refractivity contribution in [2.45, 2.75) is 12.8 Å². The number of nitrogens with zero attached hydrogens (tertiary/aromatic N) is 1. The zero-order valence-electron chi connectivity index (χ0n) is 9.59. The molecule has 1 unspecified atom stereocenters. The summed E-state index contributed by atoms with van der Waals surface area (Å²) in [4.78, 5) is 1.68. The smallest absolute Gasteiger partial charge is 0.445 e. The quantitative estimate of drug-likeness (QED) is 0.679. The molecule has 0 aromatic heterocycles. The summed E-state index contributed by atoms with van der Waals surface area (Å²) in [5.41, 5.74) is -0.626. The van der Waals surface area contributed by atoms with Gasteiger partial charge in [0.1, 0.15) is 0 Å². The van der Waals surface area contributed by atoms with Crippen molar-refractivity contribution in [3.63, 3.8) is 0 Å². The Morgan fingerprint density at radius 1 is 1.50 bits per heavy atom. The first-order valence-corrected chi connectivity index (χ1v) is 5.53. The third-order valence-electron chi connectivity index (χ3n) is 2.76. The van der Waals surface area contributed by atoms with Crippen molar-refractivity contribution in [2.24, 2.45) is 5.92 Å². The molecule has 0 aromatic rings. The minimum Gasteiger partial charge on any atom is -0.445 e. The molecule has 1 saturated heterocycles. The Balaban J connectivity index is 2.29. The third-order valence-corrected chi connectivity index (χ3v) is 2.76. The number of hydrogen-bond acceptors (Lipinski definition) is 2. The largest absolute Gasteiger partial charge is 0.506 e. The van der Waals surface area contributed by atoms with Gasteiger partial charge < -0.3 is 22.6 Å². The van der Waals surface area contributed by atoms with Crippen molar-refractivity contribution >= 4 is 6.98 Å². The highest BCUT2D eigenvalue weighted by Crippen LogP contribution is 2.20. The fourth-order valence-electron chi connectivity index (χ4n) is 1.91. The molecule has 0 amide bonds.